The Kier molecular flexibility index (Phi) is 5.13. The fraction of sp³-hybridized carbons (Fsp3) is 0.250. The van der Waals surface area contributed by atoms with Crippen LogP contribution in [0.1, 0.15) is 16.8 Å². The van der Waals surface area contributed by atoms with Crippen LogP contribution in [0.5, 0.6) is 11.5 Å². The van der Waals surface area contributed by atoms with Gasteiger partial charge in [0.15, 0.2) is 0 Å². The number of benzene rings is 1. The molecule has 2 rings (SSSR count). The van der Waals surface area contributed by atoms with Gasteiger partial charge in [0, 0.05) is 24.4 Å². The van der Waals surface area contributed by atoms with Crippen molar-refractivity contribution < 1.29 is 9.47 Å². The normalized spacial score (nSPS) is 9.95. The maximum atomic E-state index is 8.85. The van der Waals surface area contributed by atoms with Gasteiger partial charge in [-0.05, 0) is 30.8 Å². The highest BCUT2D eigenvalue weighted by atomic mass is 16.5. The fourth-order valence-corrected chi connectivity index (χ4v) is 1.92. The zero-order chi connectivity index (χ0) is 15.1. The lowest BCUT2D eigenvalue weighted by Gasteiger charge is -2.13. The van der Waals surface area contributed by atoms with Crippen molar-refractivity contribution in [1.29, 1.82) is 5.26 Å². The summed E-state index contributed by atoms with van der Waals surface area (Å²) in [4.78, 5) is 3.94. The molecule has 0 bridgehead atoms. The molecule has 0 amide bonds. The van der Waals surface area contributed by atoms with E-state index in [1.165, 1.54) is 0 Å². The van der Waals surface area contributed by atoms with Gasteiger partial charge in [0.1, 0.15) is 29.9 Å². The lowest BCUT2D eigenvalue weighted by Crippen LogP contribution is -2.08. The van der Waals surface area contributed by atoms with E-state index >= 15 is 0 Å². The molecular weight excluding hydrogens is 266 g/mol. The lowest BCUT2D eigenvalue weighted by molar-refractivity contribution is 0.299. The van der Waals surface area contributed by atoms with Crippen LogP contribution >= 0.6 is 0 Å². The first-order chi connectivity index (χ1) is 10.3. The van der Waals surface area contributed by atoms with Gasteiger partial charge in [0.25, 0.3) is 0 Å². The van der Waals surface area contributed by atoms with Crippen molar-refractivity contribution in [1.82, 2.24) is 10.3 Å². The lowest BCUT2D eigenvalue weighted by atomic mass is 10.2. The Labute approximate surface area is 124 Å². The van der Waals surface area contributed by atoms with E-state index in [0.29, 0.717) is 18.8 Å². The summed E-state index contributed by atoms with van der Waals surface area (Å²) in [6, 6.07) is 11.3. The zero-order valence-electron chi connectivity index (χ0n) is 12.1. The average molecular weight is 283 g/mol. The van der Waals surface area contributed by atoms with Crippen LogP contribution in [0.4, 0.5) is 0 Å². The molecule has 1 heterocycles. The molecule has 0 unspecified atom stereocenters. The molecule has 21 heavy (non-hydrogen) atoms. The third-order valence-corrected chi connectivity index (χ3v) is 2.97. The summed E-state index contributed by atoms with van der Waals surface area (Å²) in [5, 5.41) is 12.0. The fourth-order valence-electron chi connectivity index (χ4n) is 1.92. The number of nitriles is 1. The highest BCUT2D eigenvalue weighted by Crippen LogP contribution is 2.25. The zero-order valence-corrected chi connectivity index (χ0v) is 12.1. The van der Waals surface area contributed by atoms with Crippen molar-refractivity contribution >= 4 is 0 Å². The number of methoxy groups -OCH3 is 1. The molecule has 0 aliphatic carbocycles. The molecule has 0 aliphatic rings. The van der Waals surface area contributed by atoms with E-state index in [2.05, 4.69) is 10.3 Å². The average Bonchev–Trinajstić information content (AvgIpc) is 2.54. The summed E-state index contributed by atoms with van der Waals surface area (Å²) >= 11 is 0. The predicted molar refractivity (Wildman–Crippen MR) is 79.0 cm³/mol. The molecule has 1 aromatic carbocycles. The van der Waals surface area contributed by atoms with E-state index in [9.17, 15) is 0 Å². The van der Waals surface area contributed by atoms with Crippen LogP contribution < -0.4 is 14.8 Å². The molecule has 5 heteroatoms. The van der Waals surface area contributed by atoms with E-state index in [-0.39, 0.29) is 0 Å². The first-order valence-corrected chi connectivity index (χ1v) is 6.56. The number of nitrogens with one attached hydrogen (secondary N) is 1. The maximum Gasteiger partial charge on any atom is 0.140 e. The van der Waals surface area contributed by atoms with Gasteiger partial charge in [0.05, 0.1) is 7.11 Å². The third kappa shape index (κ3) is 3.94. The number of nitrogens with zero attached hydrogens (tertiary/aromatic N) is 2. The number of ether oxygens (including phenoxy) is 2. The molecule has 108 valence electrons. The summed E-state index contributed by atoms with van der Waals surface area (Å²) in [6.45, 7) is 1.08. The molecule has 0 radical (unpaired) electrons. The van der Waals surface area contributed by atoms with Crippen molar-refractivity contribution in [2.24, 2.45) is 0 Å². The van der Waals surface area contributed by atoms with Gasteiger partial charge in [-0.3, -0.25) is 0 Å². The quantitative estimate of drug-likeness (QED) is 0.880. The molecular formula is C16H17N3O2. The van der Waals surface area contributed by atoms with Crippen molar-refractivity contribution in [2.75, 3.05) is 14.2 Å². The Bertz CT molecular complexity index is 650. The summed E-state index contributed by atoms with van der Waals surface area (Å²) in [5.74, 6) is 1.51. The van der Waals surface area contributed by atoms with Gasteiger partial charge in [0.2, 0.25) is 0 Å². The van der Waals surface area contributed by atoms with Gasteiger partial charge >= 0.3 is 0 Å². The van der Waals surface area contributed by atoms with Gasteiger partial charge < -0.3 is 14.8 Å². The topological polar surface area (TPSA) is 67.2 Å². The van der Waals surface area contributed by atoms with E-state index in [1.807, 2.05) is 37.4 Å². The van der Waals surface area contributed by atoms with Crippen LogP contribution in [0.3, 0.4) is 0 Å². The Morgan fingerprint density at radius 3 is 2.86 bits per heavy atom. The van der Waals surface area contributed by atoms with E-state index < -0.39 is 0 Å². The third-order valence-electron chi connectivity index (χ3n) is 2.97. The minimum atomic E-state index is 0.376. The van der Waals surface area contributed by atoms with Crippen LogP contribution in [-0.2, 0) is 13.2 Å². The van der Waals surface area contributed by atoms with Gasteiger partial charge in [-0.2, -0.15) is 5.26 Å². The minimum Gasteiger partial charge on any atom is -0.497 e. The number of hydrogen-bond acceptors (Lipinski definition) is 5. The van der Waals surface area contributed by atoms with Gasteiger partial charge in [-0.15, -0.1) is 0 Å². The highest BCUT2D eigenvalue weighted by molar-refractivity contribution is 5.41. The highest BCUT2D eigenvalue weighted by Gasteiger charge is 2.06. The number of pyridine rings is 1. The minimum absolute atomic E-state index is 0.376. The summed E-state index contributed by atoms with van der Waals surface area (Å²) < 4.78 is 11.1. The van der Waals surface area contributed by atoms with Gasteiger partial charge in [-0.25, -0.2) is 4.98 Å². The van der Waals surface area contributed by atoms with Crippen LogP contribution in [0.25, 0.3) is 0 Å². The van der Waals surface area contributed by atoms with Crippen LogP contribution in [-0.4, -0.2) is 19.1 Å². The van der Waals surface area contributed by atoms with Crippen LogP contribution in [0, 0.1) is 11.3 Å². The molecule has 0 fully saturated rings. The summed E-state index contributed by atoms with van der Waals surface area (Å²) in [5.41, 5.74) is 2.34. The maximum absolute atomic E-state index is 8.85. The molecule has 0 saturated heterocycles. The van der Waals surface area contributed by atoms with Crippen molar-refractivity contribution in [2.45, 2.75) is 13.2 Å². The second kappa shape index (κ2) is 7.27. The second-order valence-electron chi connectivity index (χ2n) is 4.45. The molecule has 2 aromatic rings. The number of hydrogen-bond donors (Lipinski definition) is 1. The summed E-state index contributed by atoms with van der Waals surface area (Å²) in [7, 11) is 3.51. The first-order valence-electron chi connectivity index (χ1n) is 6.56. The Hall–Kier alpha value is -2.58. The van der Waals surface area contributed by atoms with Crippen LogP contribution in [0.2, 0.25) is 0 Å². The van der Waals surface area contributed by atoms with E-state index in [0.717, 1.165) is 22.6 Å². The molecule has 1 N–H and O–H groups in total. The van der Waals surface area contributed by atoms with Crippen molar-refractivity contribution in [3.63, 3.8) is 0 Å². The Morgan fingerprint density at radius 1 is 1.29 bits per heavy atom. The number of rotatable bonds is 6. The first kappa shape index (κ1) is 14.8. The van der Waals surface area contributed by atoms with Gasteiger partial charge in [-0.1, -0.05) is 6.07 Å². The monoisotopic (exact) mass is 283 g/mol. The molecule has 5 nitrogen and oxygen atoms in total. The SMILES string of the molecule is CNCc1ccc(OC)cc1OCc1ccnc(C#N)c1. The molecule has 1 aromatic heterocycles. The standard InChI is InChI=1S/C16H17N3O2/c1-18-10-13-3-4-15(20-2)8-16(13)21-11-12-5-6-19-14(7-12)9-17/h3-8,18H,10-11H2,1-2H3. The van der Waals surface area contributed by atoms with Crippen molar-refractivity contribution in [3.8, 4) is 17.6 Å². The second-order valence-corrected chi connectivity index (χ2v) is 4.45. The Balaban J connectivity index is 2.15. The van der Waals surface area contributed by atoms with E-state index in [4.69, 9.17) is 14.7 Å². The van der Waals surface area contributed by atoms with Crippen LogP contribution in [0.15, 0.2) is 36.5 Å². The Morgan fingerprint density at radius 2 is 2.14 bits per heavy atom. The molecule has 0 spiro atoms. The largest absolute Gasteiger partial charge is 0.497 e. The summed E-state index contributed by atoms with van der Waals surface area (Å²) in [6.07, 6.45) is 1.61. The molecule has 0 saturated carbocycles. The van der Waals surface area contributed by atoms with E-state index in [1.54, 1.807) is 19.4 Å². The number of aromatic nitrogens is 1. The smallest absolute Gasteiger partial charge is 0.140 e. The molecule has 0 atom stereocenters. The van der Waals surface area contributed by atoms with Crippen molar-refractivity contribution in [3.05, 3.63) is 53.3 Å². The predicted octanol–water partition coefficient (Wildman–Crippen LogP) is 2.26. The molecule has 0 aliphatic heterocycles.